The lowest BCUT2D eigenvalue weighted by molar-refractivity contribution is 0.0977. The van der Waals surface area contributed by atoms with Crippen LogP contribution >= 0.6 is 23.6 Å². The Labute approximate surface area is 177 Å². The largest absolute Gasteiger partial charge is 0.497 e. The molecule has 29 heavy (non-hydrogen) atoms. The molecule has 0 atom stereocenters. The maximum atomic E-state index is 12.4. The molecule has 144 valence electrons. The minimum absolute atomic E-state index is 0.192. The summed E-state index contributed by atoms with van der Waals surface area (Å²) in [6, 6.07) is 21.3. The van der Waals surface area contributed by atoms with Gasteiger partial charge in [-0.1, -0.05) is 42.5 Å². The summed E-state index contributed by atoms with van der Waals surface area (Å²) in [5.74, 6) is 0.296. The maximum Gasteiger partial charge on any atom is 0.257 e. The van der Waals surface area contributed by atoms with Crippen molar-refractivity contribution in [2.75, 3.05) is 12.4 Å². The second-order valence-corrected chi connectivity index (χ2v) is 7.51. The average Bonchev–Trinajstić information content (AvgIpc) is 3.21. The van der Waals surface area contributed by atoms with Crippen LogP contribution in [0.1, 0.15) is 10.4 Å². The van der Waals surface area contributed by atoms with Gasteiger partial charge in [0, 0.05) is 16.5 Å². The third kappa shape index (κ3) is 4.42. The van der Waals surface area contributed by atoms with Crippen molar-refractivity contribution in [2.24, 2.45) is 0 Å². The van der Waals surface area contributed by atoms with E-state index in [0.29, 0.717) is 16.4 Å². The van der Waals surface area contributed by atoms with E-state index in [2.05, 4.69) is 39.9 Å². The molecule has 0 bridgehead atoms. The molecular formula is C22H17N3O2S2. The normalized spacial score (nSPS) is 10.5. The molecule has 4 rings (SSSR count). The molecule has 2 N–H and O–H groups in total. The molecule has 0 aliphatic heterocycles. The van der Waals surface area contributed by atoms with Crippen LogP contribution in [0.5, 0.6) is 5.75 Å². The number of ether oxygens (including phenoxy) is 1. The summed E-state index contributed by atoms with van der Waals surface area (Å²) in [6.45, 7) is 0. The molecule has 5 nitrogen and oxygen atoms in total. The first kappa shape index (κ1) is 19.0. The number of benzene rings is 3. The van der Waals surface area contributed by atoms with Gasteiger partial charge in [0.05, 0.1) is 12.8 Å². The van der Waals surface area contributed by atoms with Gasteiger partial charge >= 0.3 is 0 Å². The summed E-state index contributed by atoms with van der Waals surface area (Å²) in [5, 5.41) is 10.7. The molecular weight excluding hydrogens is 402 g/mol. The van der Waals surface area contributed by atoms with E-state index in [4.69, 9.17) is 17.0 Å². The van der Waals surface area contributed by atoms with E-state index in [-0.39, 0.29) is 11.0 Å². The van der Waals surface area contributed by atoms with Crippen molar-refractivity contribution in [3.8, 4) is 17.0 Å². The summed E-state index contributed by atoms with van der Waals surface area (Å²) >= 11 is 6.68. The maximum absolute atomic E-state index is 12.4. The molecule has 0 unspecified atom stereocenters. The number of amides is 1. The fourth-order valence-corrected chi connectivity index (χ4v) is 3.86. The number of thiocarbonyl (C=S) groups is 1. The van der Waals surface area contributed by atoms with Gasteiger partial charge in [-0.15, -0.1) is 11.3 Å². The molecule has 7 heteroatoms. The summed E-state index contributed by atoms with van der Waals surface area (Å²) in [5.41, 5.74) is 2.34. The first-order valence-electron chi connectivity index (χ1n) is 8.83. The third-order valence-corrected chi connectivity index (χ3v) is 5.29. The third-order valence-electron chi connectivity index (χ3n) is 4.33. The SMILES string of the molecule is COc1cccc(C(=O)NC(=S)Nc2nc(-c3ccc4ccccc4c3)cs2)c1. The Kier molecular flexibility index (Phi) is 5.50. The molecule has 0 fully saturated rings. The summed E-state index contributed by atoms with van der Waals surface area (Å²) in [7, 11) is 1.55. The van der Waals surface area contributed by atoms with Crippen molar-refractivity contribution in [3.63, 3.8) is 0 Å². The van der Waals surface area contributed by atoms with E-state index in [0.717, 1.165) is 16.6 Å². The van der Waals surface area contributed by atoms with E-state index < -0.39 is 0 Å². The Balaban J connectivity index is 1.44. The van der Waals surface area contributed by atoms with Gasteiger partial charge in [0.2, 0.25) is 0 Å². The van der Waals surface area contributed by atoms with Gasteiger partial charge in [0.25, 0.3) is 5.91 Å². The zero-order chi connectivity index (χ0) is 20.2. The Morgan fingerprint density at radius 1 is 1.03 bits per heavy atom. The Bertz CT molecular complexity index is 1200. The Morgan fingerprint density at radius 2 is 1.86 bits per heavy atom. The quantitative estimate of drug-likeness (QED) is 0.451. The van der Waals surface area contributed by atoms with Crippen LogP contribution < -0.4 is 15.4 Å². The molecule has 0 saturated carbocycles. The number of carbonyl (C=O) groups is 1. The first-order chi connectivity index (χ1) is 14.1. The second kappa shape index (κ2) is 8.38. The monoisotopic (exact) mass is 419 g/mol. The summed E-state index contributed by atoms with van der Waals surface area (Å²) in [6.07, 6.45) is 0. The zero-order valence-corrected chi connectivity index (χ0v) is 17.1. The molecule has 0 aliphatic rings. The number of thiazole rings is 1. The molecule has 1 aromatic heterocycles. The number of nitrogens with zero attached hydrogens (tertiary/aromatic N) is 1. The number of nitrogens with one attached hydrogen (secondary N) is 2. The second-order valence-electron chi connectivity index (χ2n) is 6.24. The number of hydrogen-bond donors (Lipinski definition) is 2. The fourth-order valence-electron chi connectivity index (χ4n) is 2.88. The predicted molar refractivity (Wildman–Crippen MR) is 122 cm³/mol. The minimum atomic E-state index is -0.312. The van der Waals surface area contributed by atoms with Gasteiger partial charge in [0.15, 0.2) is 10.2 Å². The number of aromatic nitrogens is 1. The number of carbonyl (C=O) groups excluding carboxylic acids is 1. The smallest absolute Gasteiger partial charge is 0.257 e. The molecule has 1 heterocycles. The zero-order valence-electron chi connectivity index (χ0n) is 15.5. The lowest BCUT2D eigenvalue weighted by atomic mass is 10.1. The van der Waals surface area contributed by atoms with Gasteiger partial charge in [0.1, 0.15) is 5.75 Å². The highest BCUT2D eigenvalue weighted by atomic mass is 32.1. The number of fused-ring (bicyclic) bond motifs is 1. The van der Waals surface area contributed by atoms with Crippen LogP contribution in [0.3, 0.4) is 0 Å². The van der Waals surface area contributed by atoms with E-state index in [1.807, 2.05) is 23.6 Å². The van der Waals surface area contributed by atoms with E-state index >= 15 is 0 Å². The molecule has 0 saturated heterocycles. The predicted octanol–water partition coefficient (Wildman–Crippen LogP) is 5.10. The van der Waals surface area contributed by atoms with Gasteiger partial charge < -0.3 is 10.1 Å². The van der Waals surface area contributed by atoms with Crippen LogP contribution in [0.4, 0.5) is 5.13 Å². The summed E-state index contributed by atoms with van der Waals surface area (Å²) < 4.78 is 5.14. The van der Waals surface area contributed by atoms with E-state index in [1.165, 1.54) is 16.7 Å². The highest BCUT2D eigenvalue weighted by molar-refractivity contribution is 7.80. The molecule has 0 spiro atoms. The van der Waals surface area contributed by atoms with Gasteiger partial charge in [-0.2, -0.15) is 0 Å². The minimum Gasteiger partial charge on any atom is -0.497 e. The van der Waals surface area contributed by atoms with Crippen molar-refractivity contribution >= 4 is 50.5 Å². The standard InChI is InChI=1S/C22H17N3O2S2/c1-27-18-8-4-7-17(12-18)20(26)24-21(28)25-22-23-19(13-29-22)16-10-9-14-5-2-3-6-15(14)11-16/h2-13H,1H3,(H2,23,24,25,26,28). The van der Waals surface area contributed by atoms with E-state index in [9.17, 15) is 4.79 Å². The van der Waals surface area contributed by atoms with Crippen molar-refractivity contribution in [1.29, 1.82) is 0 Å². The topological polar surface area (TPSA) is 63.2 Å². The van der Waals surface area contributed by atoms with E-state index in [1.54, 1.807) is 31.4 Å². The van der Waals surface area contributed by atoms with Crippen molar-refractivity contribution < 1.29 is 9.53 Å². The Morgan fingerprint density at radius 3 is 2.69 bits per heavy atom. The van der Waals surface area contributed by atoms with Gasteiger partial charge in [-0.3, -0.25) is 10.1 Å². The van der Waals surface area contributed by atoms with Crippen molar-refractivity contribution in [3.05, 3.63) is 77.7 Å². The van der Waals surface area contributed by atoms with Crippen LogP contribution in [0.2, 0.25) is 0 Å². The molecule has 0 aliphatic carbocycles. The molecule has 1 amide bonds. The highest BCUT2D eigenvalue weighted by Crippen LogP contribution is 2.27. The van der Waals surface area contributed by atoms with Gasteiger partial charge in [-0.05, 0) is 47.3 Å². The van der Waals surface area contributed by atoms with Crippen LogP contribution in [0.25, 0.3) is 22.0 Å². The number of methoxy groups -OCH3 is 1. The van der Waals surface area contributed by atoms with Crippen molar-refractivity contribution in [1.82, 2.24) is 10.3 Å². The molecule has 4 aromatic rings. The van der Waals surface area contributed by atoms with Crippen LogP contribution in [0.15, 0.2) is 72.1 Å². The van der Waals surface area contributed by atoms with Gasteiger partial charge in [-0.25, -0.2) is 4.98 Å². The summed E-state index contributed by atoms with van der Waals surface area (Å²) in [4.78, 5) is 16.9. The van der Waals surface area contributed by atoms with Crippen LogP contribution in [-0.4, -0.2) is 23.1 Å². The number of hydrogen-bond acceptors (Lipinski definition) is 5. The van der Waals surface area contributed by atoms with Crippen LogP contribution in [-0.2, 0) is 0 Å². The lowest BCUT2D eigenvalue weighted by Gasteiger charge is -2.08. The van der Waals surface area contributed by atoms with Crippen LogP contribution in [0, 0.1) is 0 Å². The lowest BCUT2D eigenvalue weighted by Crippen LogP contribution is -2.34. The Hall–Kier alpha value is -3.29. The molecule has 3 aromatic carbocycles. The average molecular weight is 420 g/mol. The fraction of sp³-hybridized carbons (Fsp3) is 0.0455. The van der Waals surface area contributed by atoms with Crippen molar-refractivity contribution in [2.45, 2.75) is 0 Å². The first-order valence-corrected chi connectivity index (χ1v) is 10.1. The number of rotatable bonds is 4. The molecule has 0 radical (unpaired) electrons. The number of anilines is 1. The highest BCUT2D eigenvalue weighted by Gasteiger charge is 2.11.